The fourth-order valence-corrected chi connectivity index (χ4v) is 3.07. The van der Waals surface area contributed by atoms with Gasteiger partial charge < -0.3 is 10.0 Å². The first-order valence-electron chi connectivity index (χ1n) is 6.41. The zero-order valence-corrected chi connectivity index (χ0v) is 12.1. The van der Waals surface area contributed by atoms with Gasteiger partial charge in [0.25, 0.3) is 0 Å². The predicted octanol–water partition coefficient (Wildman–Crippen LogP) is 4.22. The highest BCUT2D eigenvalue weighted by Gasteiger charge is 2.28. The summed E-state index contributed by atoms with van der Waals surface area (Å²) < 4.78 is 1.02. The largest absolute Gasteiger partial charge is 0.465 e. The molecule has 1 aliphatic carbocycles. The lowest BCUT2D eigenvalue weighted by atomic mass is 9.87. The van der Waals surface area contributed by atoms with Crippen molar-refractivity contribution in [1.82, 2.24) is 4.90 Å². The molecule has 0 saturated heterocycles. The number of amides is 1. The Labute approximate surface area is 116 Å². The standard InChI is InChI=1S/C14H18BrNO2/c1-2-8-16(14(17)18)13-5-3-4-10-6-7-11(15)9-12(10)13/h6-7,9,13H,2-5,8H2,1H3,(H,17,18). The third kappa shape index (κ3) is 2.69. The van der Waals surface area contributed by atoms with Crippen molar-refractivity contribution in [3.63, 3.8) is 0 Å². The molecule has 0 fully saturated rings. The number of halogens is 1. The number of hydrogen-bond acceptors (Lipinski definition) is 1. The number of carboxylic acid groups (broad SMARTS) is 1. The van der Waals surface area contributed by atoms with Gasteiger partial charge in [0.15, 0.2) is 0 Å². The van der Waals surface area contributed by atoms with Crippen molar-refractivity contribution < 1.29 is 9.90 Å². The van der Waals surface area contributed by atoms with Crippen molar-refractivity contribution in [2.24, 2.45) is 0 Å². The van der Waals surface area contributed by atoms with Crippen LogP contribution >= 0.6 is 15.9 Å². The van der Waals surface area contributed by atoms with E-state index in [1.807, 2.05) is 13.0 Å². The molecule has 0 heterocycles. The van der Waals surface area contributed by atoms with E-state index in [0.717, 1.165) is 30.2 Å². The van der Waals surface area contributed by atoms with E-state index >= 15 is 0 Å². The zero-order chi connectivity index (χ0) is 13.1. The van der Waals surface area contributed by atoms with Crippen LogP contribution in [-0.2, 0) is 6.42 Å². The first-order chi connectivity index (χ1) is 8.63. The van der Waals surface area contributed by atoms with E-state index in [4.69, 9.17) is 0 Å². The molecule has 2 rings (SSSR count). The Bertz CT molecular complexity index is 447. The second-order valence-electron chi connectivity index (χ2n) is 4.73. The molecular formula is C14H18BrNO2. The molecule has 3 nitrogen and oxygen atoms in total. The van der Waals surface area contributed by atoms with Crippen molar-refractivity contribution in [1.29, 1.82) is 0 Å². The molecule has 1 aromatic rings. The second kappa shape index (κ2) is 5.74. The summed E-state index contributed by atoms with van der Waals surface area (Å²) in [7, 11) is 0. The van der Waals surface area contributed by atoms with Crippen LogP contribution in [0.3, 0.4) is 0 Å². The van der Waals surface area contributed by atoms with Crippen molar-refractivity contribution in [2.75, 3.05) is 6.54 Å². The molecule has 0 aromatic heterocycles. The van der Waals surface area contributed by atoms with Crippen LogP contribution in [0.1, 0.15) is 43.4 Å². The molecule has 18 heavy (non-hydrogen) atoms. The molecule has 0 saturated carbocycles. The van der Waals surface area contributed by atoms with E-state index in [9.17, 15) is 9.90 Å². The molecule has 1 aromatic carbocycles. The lowest BCUT2D eigenvalue weighted by molar-refractivity contribution is 0.118. The van der Waals surface area contributed by atoms with Gasteiger partial charge in [-0.25, -0.2) is 4.79 Å². The van der Waals surface area contributed by atoms with Gasteiger partial charge in [0.1, 0.15) is 0 Å². The van der Waals surface area contributed by atoms with Gasteiger partial charge in [-0.3, -0.25) is 0 Å². The van der Waals surface area contributed by atoms with Gasteiger partial charge in [0.2, 0.25) is 0 Å². The highest BCUT2D eigenvalue weighted by molar-refractivity contribution is 9.10. The number of fused-ring (bicyclic) bond motifs is 1. The van der Waals surface area contributed by atoms with Crippen LogP contribution in [-0.4, -0.2) is 22.6 Å². The average Bonchev–Trinajstić information content (AvgIpc) is 2.35. The maximum Gasteiger partial charge on any atom is 0.407 e. The van der Waals surface area contributed by atoms with E-state index in [1.54, 1.807) is 4.90 Å². The van der Waals surface area contributed by atoms with Gasteiger partial charge in [-0.1, -0.05) is 28.9 Å². The Balaban J connectivity index is 2.35. The number of hydrogen-bond donors (Lipinski definition) is 1. The maximum atomic E-state index is 11.4. The molecule has 1 atom stereocenters. The van der Waals surface area contributed by atoms with Gasteiger partial charge in [0, 0.05) is 11.0 Å². The summed E-state index contributed by atoms with van der Waals surface area (Å²) in [6, 6.07) is 6.23. The number of aryl methyl sites for hydroxylation is 1. The second-order valence-corrected chi connectivity index (χ2v) is 5.64. The van der Waals surface area contributed by atoms with Gasteiger partial charge in [-0.05, 0) is 48.9 Å². The molecule has 1 unspecified atom stereocenters. The van der Waals surface area contributed by atoms with Crippen molar-refractivity contribution in [3.8, 4) is 0 Å². The predicted molar refractivity (Wildman–Crippen MR) is 74.8 cm³/mol. The number of benzene rings is 1. The third-order valence-corrected chi connectivity index (χ3v) is 3.97. The van der Waals surface area contributed by atoms with Crippen LogP contribution < -0.4 is 0 Å². The van der Waals surface area contributed by atoms with Crippen LogP contribution in [0, 0.1) is 0 Å². The van der Waals surface area contributed by atoms with Crippen LogP contribution in [0.15, 0.2) is 22.7 Å². The summed E-state index contributed by atoms with van der Waals surface area (Å²) in [5.41, 5.74) is 2.46. The molecular weight excluding hydrogens is 294 g/mol. The summed E-state index contributed by atoms with van der Waals surface area (Å²) in [6.07, 6.45) is 3.09. The van der Waals surface area contributed by atoms with Crippen molar-refractivity contribution in [2.45, 2.75) is 38.6 Å². The van der Waals surface area contributed by atoms with Crippen LogP contribution in [0.2, 0.25) is 0 Å². The Morgan fingerprint density at radius 2 is 2.33 bits per heavy atom. The van der Waals surface area contributed by atoms with Gasteiger partial charge in [0.05, 0.1) is 6.04 Å². The molecule has 1 aliphatic rings. The fourth-order valence-electron chi connectivity index (χ4n) is 2.69. The molecule has 0 spiro atoms. The minimum Gasteiger partial charge on any atom is -0.465 e. The zero-order valence-electron chi connectivity index (χ0n) is 10.5. The molecule has 1 N–H and O–H groups in total. The first-order valence-corrected chi connectivity index (χ1v) is 7.20. The molecule has 0 bridgehead atoms. The molecule has 98 valence electrons. The average molecular weight is 312 g/mol. The van der Waals surface area contributed by atoms with E-state index in [0.29, 0.717) is 6.54 Å². The number of carbonyl (C=O) groups is 1. The van der Waals surface area contributed by atoms with Crippen LogP contribution in [0.5, 0.6) is 0 Å². The summed E-state index contributed by atoms with van der Waals surface area (Å²) in [5, 5.41) is 9.37. The third-order valence-electron chi connectivity index (χ3n) is 3.48. The van der Waals surface area contributed by atoms with E-state index in [1.165, 1.54) is 11.1 Å². The van der Waals surface area contributed by atoms with Gasteiger partial charge in [-0.2, -0.15) is 0 Å². The van der Waals surface area contributed by atoms with Crippen LogP contribution in [0.25, 0.3) is 0 Å². The highest BCUT2D eigenvalue weighted by atomic mass is 79.9. The molecule has 1 amide bonds. The minimum absolute atomic E-state index is 0.0173. The Hall–Kier alpha value is -1.03. The summed E-state index contributed by atoms with van der Waals surface area (Å²) in [5.74, 6) is 0. The molecule has 0 radical (unpaired) electrons. The Morgan fingerprint density at radius 1 is 1.56 bits per heavy atom. The lowest BCUT2D eigenvalue weighted by Gasteiger charge is -2.34. The number of rotatable bonds is 3. The first kappa shape index (κ1) is 13.4. The summed E-state index contributed by atoms with van der Waals surface area (Å²) >= 11 is 3.48. The normalized spacial score (nSPS) is 18.2. The minimum atomic E-state index is -0.810. The fraction of sp³-hybridized carbons (Fsp3) is 0.500. The molecule has 0 aliphatic heterocycles. The molecule has 4 heteroatoms. The summed E-state index contributed by atoms with van der Waals surface area (Å²) in [6.45, 7) is 2.62. The topological polar surface area (TPSA) is 40.5 Å². The SMILES string of the molecule is CCCN(C(=O)O)C1CCCc2ccc(Br)cc21. The quantitative estimate of drug-likeness (QED) is 0.908. The lowest BCUT2D eigenvalue weighted by Crippen LogP contribution is -2.36. The number of nitrogens with zero attached hydrogens (tertiary/aromatic N) is 1. The summed E-state index contributed by atoms with van der Waals surface area (Å²) in [4.78, 5) is 13.0. The van der Waals surface area contributed by atoms with E-state index in [-0.39, 0.29) is 6.04 Å². The van der Waals surface area contributed by atoms with Crippen molar-refractivity contribution >= 4 is 22.0 Å². The van der Waals surface area contributed by atoms with E-state index in [2.05, 4.69) is 28.1 Å². The maximum absolute atomic E-state index is 11.4. The van der Waals surface area contributed by atoms with Gasteiger partial charge >= 0.3 is 6.09 Å². The van der Waals surface area contributed by atoms with Crippen LogP contribution in [0.4, 0.5) is 4.79 Å². The van der Waals surface area contributed by atoms with Crippen molar-refractivity contribution in [3.05, 3.63) is 33.8 Å². The van der Waals surface area contributed by atoms with Gasteiger partial charge in [-0.15, -0.1) is 0 Å². The highest BCUT2D eigenvalue weighted by Crippen LogP contribution is 2.36. The smallest absolute Gasteiger partial charge is 0.407 e. The monoisotopic (exact) mass is 311 g/mol. The van der Waals surface area contributed by atoms with E-state index < -0.39 is 6.09 Å². The Kier molecular flexibility index (Phi) is 4.27. The Morgan fingerprint density at radius 3 is 3.00 bits per heavy atom.